The Balaban J connectivity index is 2.13. The Morgan fingerprint density at radius 1 is 1.00 bits per heavy atom. The fourth-order valence-corrected chi connectivity index (χ4v) is 3.85. The lowest BCUT2D eigenvalue weighted by Crippen LogP contribution is -2.15. The van der Waals surface area contributed by atoms with Crippen LogP contribution < -0.4 is 10.0 Å². The molecule has 0 radical (unpaired) electrons. The molecule has 0 aliphatic carbocycles. The van der Waals surface area contributed by atoms with E-state index in [9.17, 15) is 13.2 Å². The Morgan fingerprint density at radius 2 is 1.52 bits per heavy atom. The molecule has 1 amide bonds. The molecule has 0 heterocycles. The molecule has 122 valence electrons. The average molecular weight is 373 g/mol. The fraction of sp³-hybridized carbons (Fsp3) is 0.133. The second-order valence-corrected chi connectivity index (χ2v) is 7.36. The molecule has 2 aromatic carbocycles. The van der Waals surface area contributed by atoms with Crippen molar-refractivity contribution < 1.29 is 13.2 Å². The number of hydrogen-bond acceptors (Lipinski definition) is 3. The first-order valence-electron chi connectivity index (χ1n) is 6.58. The SMILES string of the molecule is CC(=O)Nc1ccc(NS(=O)(=O)Cc2c(Cl)cccc2Cl)cc1. The second-order valence-electron chi connectivity index (χ2n) is 4.82. The van der Waals surface area contributed by atoms with E-state index in [4.69, 9.17) is 23.2 Å². The second kappa shape index (κ2) is 7.21. The van der Waals surface area contributed by atoms with Crippen molar-refractivity contribution in [3.63, 3.8) is 0 Å². The van der Waals surface area contributed by atoms with Crippen LogP contribution >= 0.6 is 23.2 Å². The molecule has 5 nitrogen and oxygen atoms in total. The number of amides is 1. The van der Waals surface area contributed by atoms with Gasteiger partial charge in [-0.15, -0.1) is 0 Å². The van der Waals surface area contributed by atoms with Crippen molar-refractivity contribution in [2.45, 2.75) is 12.7 Å². The summed E-state index contributed by atoms with van der Waals surface area (Å²) in [5.41, 5.74) is 1.30. The number of rotatable bonds is 5. The number of anilines is 2. The van der Waals surface area contributed by atoms with Gasteiger partial charge in [0.2, 0.25) is 15.9 Å². The zero-order chi connectivity index (χ0) is 17.0. The minimum atomic E-state index is -3.67. The quantitative estimate of drug-likeness (QED) is 0.835. The van der Waals surface area contributed by atoms with Gasteiger partial charge in [-0.2, -0.15) is 0 Å². The van der Waals surface area contributed by atoms with Crippen molar-refractivity contribution in [2.24, 2.45) is 0 Å². The Bertz CT molecular complexity index is 801. The summed E-state index contributed by atoms with van der Waals surface area (Å²) in [5, 5.41) is 3.19. The number of nitrogens with one attached hydrogen (secondary N) is 2. The zero-order valence-corrected chi connectivity index (χ0v) is 14.5. The van der Waals surface area contributed by atoms with E-state index >= 15 is 0 Å². The molecule has 0 atom stereocenters. The minimum absolute atomic E-state index is 0.202. The van der Waals surface area contributed by atoms with Gasteiger partial charge in [0.05, 0.1) is 5.75 Å². The lowest BCUT2D eigenvalue weighted by Gasteiger charge is -2.11. The van der Waals surface area contributed by atoms with Crippen molar-refractivity contribution in [3.8, 4) is 0 Å². The molecule has 0 unspecified atom stereocenters. The van der Waals surface area contributed by atoms with E-state index in [1.807, 2.05) is 0 Å². The lowest BCUT2D eigenvalue weighted by molar-refractivity contribution is -0.114. The van der Waals surface area contributed by atoms with Crippen LogP contribution in [0.2, 0.25) is 10.0 Å². The Kier molecular flexibility index (Phi) is 5.51. The molecule has 2 rings (SSSR count). The van der Waals surface area contributed by atoms with Crippen molar-refractivity contribution in [1.82, 2.24) is 0 Å². The summed E-state index contributed by atoms with van der Waals surface area (Å²) in [6.07, 6.45) is 0. The molecule has 0 saturated carbocycles. The van der Waals surface area contributed by atoms with Crippen LogP contribution in [0.1, 0.15) is 12.5 Å². The summed E-state index contributed by atoms with van der Waals surface area (Å²) < 4.78 is 26.9. The van der Waals surface area contributed by atoms with Gasteiger partial charge in [-0.05, 0) is 36.4 Å². The van der Waals surface area contributed by atoms with Crippen LogP contribution in [0.15, 0.2) is 42.5 Å². The third-order valence-electron chi connectivity index (χ3n) is 2.87. The van der Waals surface area contributed by atoms with E-state index in [2.05, 4.69) is 10.0 Å². The number of benzene rings is 2. The van der Waals surface area contributed by atoms with Gasteiger partial charge in [0.15, 0.2) is 0 Å². The predicted molar refractivity (Wildman–Crippen MR) is 93.5 cm³/mol. The van der Waals surface area contributed by atoms with Crippen LogP contribution in [0.5, 0.6) is 0 Å². The fourth-order valence-electron chi connectivity index (χ4n) is 1.90. The third-order valence-corrected chi connectivity index (χ3v) is 4.80. The van der Waals surface area contributed by atoms with Crippen molar-refractivity contribution in [3.05, 3.63) is 58.1 Å². The molecule has 0 spiro atoms. The highest BCUT2D eigenvalue weighted by Crippen LogP contribution is 2.27. The summed E-state index contributed by atoms with van der Waals surface area (Å²) in [4.78, 5) is 10.9. The summed E-state index contributed by atoms with van der Waals surface area (Å²) in [7, 11) is -3.67. The topological polar surface area (TPSA) is 75.3 Å². The number of halogens is 2. The number of carbonyl (C=O) groups is 1. The molecular formula is C15H14Cl2N2O3S. The van der Waals surface area contributed by atoms with Gasteiger partial charge in [0.1, 0.15) is 0 Å². The first-order valence-corrected chi connectivity index (χ1v) is 8.99. The molecule has 0 fully saturated rings. The molecule has 2 aromatic rings. The third kappa shape index (κ3) is 5.13. The highest BCUT2D eigenvalue weighted by molar-refractivity contribution is 7.91. The predicted octanol–water partition coefficient (Wildman–Crippen LogP) is 3.89. The maximum absolute atomic E-state index is 12.2. The molecule has 0 bridgehead atoms. The van der Waals surface area contributed by atoms with E-state index in [1.165, 1.54) is 6.92 Å². The summed E-state index contributed by atoms with van der Waals surface area (Å²) in [5.74, 6) is -0.537. The average Bonchev–Trinajstić information content (AvgIpc) is 2.44. The maximum atomic E-state index is 12.2. The summed E-state index contributed by atoms with van der Waals surface area (Å²) in [6.45, 7) is 1.39. The van der Waals surface area contributed by atoms with Crippen LogP contribution in [0.3, 0.4) is 0 Å². The van der Waals surface area contributed by atoms with Gasteiger partial charge in [0.25, 0.3) is 0 Å². The smallest absolute Gasteiger partial charge is 0.237 e. The van der Waals surface area contributed by atoms with Crippen LogP contribution in [0, 0.1) is 0 Å². The van der Waals surface area contributed by atoms with Gasteiger partial charge >= 0.3 is 0 Å². The molecular weight excluding hydrogens is 359 g/mol. The summed E-state index contributed by atoms with van der Waals surface area (Å²) >= 11 is 12.0. The van der Waals surface area contributed by atoms with Crippen LogP contribution in [0.4, 0.5) is 11.4 Å². The lowest BCUT2D eigenvalue weighted by atomic mass is 10.2. The molecule has 2 N–H and O–H groups in total. The Morgan fingerprint density at radius 3 is 2.04 bits per heavy atom. The zero-order valence-electron chi connectivity index (χ0n) is 12.1. The first kappa shape index (κ1) is 17.6. The molecule has 0 aliphatic rings. The highest BCUT2D eigenvalue weighted by atomic mass is 35.5. The molecule has 8 heteroatoms. The van der Waals surface area contributed by atoms with Crippen LogP contribution in [0.25, 0.3) is 0 Å². The first-order chi connectivity index (χ1) is 10.8. The van der Waals surface area contributed by atoms with Gasteiger partial charge in [-0.3, -0.25) is 9.52 Å². The standard InChI is InChI=1S/C15H14Cl2N2O3S/c1-10(20)18-11-5-7-12(8-6-11)19-23(21,22)9-13-14(16)3-2-4-15(13)17/h2-8,19H,9H2,1H3,(H,18,20). The van der Waals surface area contributed by atoms with Gasteiger partial charge in [-0.25, -0.2) is 8.42 Å². The largest absolute Gasteiger partial charge is 0.326 e. The normalized spacial score (nSPS) is 11.1. The van der Waals surface area contributed by atoms with E-state index in [-0.39, 0.29) is 11.7 Å². The summed E-state index contributed by atoms with van der Waals surface area (Å²) in [6, 6.07) is 11.1. The van der Waals surface area contributed by atoms with Crippen molar-refractivity contribution >= 4 is 50.5 Å². The Hall–Kier alpha value is -1.76. The van der Waals surface area contributed by atoms with E-state index in [1.54, 1.807) is 42.5 Å². The van der Waals surface area contributed by atoms with Gasteiger partial charge < -0.3 is 5.32 Å². The number of carbonyl (C=O) groups excluding carboxylic acids is 1. The Labute approximate surface area is 144 Å². The van der Waals surface area contributed by atoms with Gasteiger partial charge in [-0.1, -0.05) is 29.3 Å². The number of hydrogen-bond donors (Lipinski definition) is 2. The van der Waals surface area contributed by atoms with Crippen molar-refractivity contribution in [1.29, 1.82) is 0 Å². The minimum Gasteiger partial charge on any atom is -0.326 e. The molecule has 0 aliphatic heterocycles. The molecule has 0 aromatic heterocycles. The van der Waals surface area contributed by atoms with E-state index < -0.39 is 10.0 Å². The molecule has 0 saturated heterocycles. The highest BCUT2D eigenvalue weighted by Gasteiger charge is 2.16. The van der Waals surface area contributed by atoms with Gasteiger partial charge in [0, 0.05) is 33.9 Å². The van der Waals surface area contributed by atoms with E-state index in [0.717, 1.165) is 0 Å². The monoisotopic (exact) mass is 372 g/mol. The molecule has 23 heavy (non-hydrogen) atoms. The van der Waals surface area contributed by atoms with Crippen molar-refractivity contribution in [2.75, 3.05) is 10.0 Å². The number of sulfonamides is 1. The maximum Gasteiger partial charge on any atom is 0.237 e. The van der Waals surface area contributed by atoms with Crippen LogP contribution in [-0.4, -0.2) is 14.3 Å². The van der Waals surface area contributed by atoms with E-state index in [0.29, 0.717) is 27.0 Å². The van der Waals surface area contributed by atoms with Crippen LogP contribution in [-0.2, 0) is 20.6 Å².